The highest BCUT2D eigenvalue weighted by Gasteiger charge is 2.26. The Balaban J connectivity index is 3.75. The maximum Gasteiger partial charge on any atom is 0.242 e. The van der Waals surface area contributed by atoms with Crippen LogP contribution in [0.2, 0.25) is 0 Å². The van der Waals surface area contributed by atoms with Crippen LogP contribution in [0, 0.1) is 11.3 Å². The number of hydrogen-bond acceptors (Lipinski definition) is 3. The van der Waals surface area contributed by atoms with Crippen LogP contribution in [-0.2, 0) is 16.4 Å². The van der Waals surface area contributed by atoms with E-state index in [1.807, 2.05) is 19.9 Å². The van der Waals surface area contributed by atoms with Gasteiger partial charge < -0.3 is 0 Å². The predicted octanol–water partition coefficient (Wildman–Crippen LogP) is 4.03. The Morgan fingerprint density at radius 3 is 2.04 bits per heavy atom. The van der Waals surface area contributed by atoms with Crippen molar-refractivity contribution in [1.82, 2.24) is 4.31 Å². The number of nitriles is 1. The number of rotatable bonds is 7. The molecular weight excluding hydrogens is 308 g/mol. The van der Waals surface area contributed by atoms with Crippen LogP contribution in [0.5, 0.6) is 0 Å². The standard InChI is InChI=1S/C18H28N2O2S/c1-7-13(3)16-12-18(23(21,22)20(5)6)17(14(4)8-2)11-15(16)9-10-19/h11-14H,7-9H2,1-6H3. The van der Waals surface area contributed by atoms with Crippen LogP contribution in [0.4, 0.5) is 0 Å². The minimum absolute atomic E-state index is 0.128. The molecule has 0 aromatic heterocycles. The second-order valence-electron chi connectivity index (χ2n) is 6.33. The lowest BCUT2D eigenvalue weighted by Crippen LogP contribution is -2.24. The van der Waals surface area contributed by atoms with Gasteiger partial charge in [-0.2, -0.15) is 5.26 Å². The molecule has 4 nitrogen and oxygen atoms in total. The molecule has 0 aliphatic rings. The van der Waals surface area contributed by atoms with Crippen molar-refractivity contribution in [2.24, 2.45) is 0 Å². The monoisotopic (exact) mass is 336 g/mol. The largest absolute Gasteiger partial charge is 0.242 e. The highest BCUT2D eigenvalue weighted by molar-refractivity contribution is 7.89. The molecule has 0 heterocycles. The molecule has 1 aromatic rings. The van der Waals surface area contributed by atoms with Crippen LogP contribution in [0.25, 0.3) is 0 Å². The summed E-state index contributed by atoms with van der Waals surface area (Å²) in [4.78, 5) is 0.383. The molecule has 0 radical (unpaired) electrons. The SMILES string of the molecule is CCC(C)c1cc(S(=O)(=O)N(C)C)c(C(C)CC)cc1CC#N. The molecule has 0 fully saturated rings. The fourth-order valence-corrected chi connectivity index (χ4v) is 3.83. The van der Waals surface area contributed by atoms with Crippen molar-refractivity contribution in [3.8, 4) is 6.07 Å². The van der Waals surface area contributed by atoms with Crippen molar-refractivity contribution in [2.45, 2.75) is 63.7 Å². The predicted molar refractivity (Wildman–Crippen MR) is 94.0 cm³/mol. The van der Waals surface area contributed by atoms with E-state index >= 15 is 0 Å². The summed E-state index contributed by atoms with van der Waals surface area (Å²) in [5.41, 5.74) is 2.75. The summed E-state index contributed by atoms with van der Waals surface area (Å²) in [6.45, 7) is 8.22. The highest BCUT2D eigenvalue weighted by Crippen LogP contribution is 2.34. The van der Waals surface area contributed by atoms with Gasteiger partial charge >= 0.3 is 0 Å². The fraction of sp³-hybridized carbons (Fsp3) is 0.611. The van der Waals surface area contributed by atoms with E-state index in [2.05, 4.69) is 19.9 Å². The van der Waals surface area contributed by atoms with Gasteiger partial charge in [-0.25, -0.2) is 12.7 Å². The number of sulfonamides is 1. The molecular formula is C18H28N2O2S. The van der Waals surface area contributed by atoms with Gasteiger partial charge in [0, 0.05) is 14.1 Å². The molecule has 128 valence electrons. The van der Waals surface area contributed by atoms with E-state index in [1.165, 1.54) is 4.31 Å². The van der Waals surface area contributed by atoms with E-state index in [9.17, 15) is 8.42 Å². The third-order valence-electron chi connectivity index (χ3n) is 4.59. The lowest BCUT2D eigenvalue weighted by Gasteiger charge is -2.23. The maximum absolute atomic E-state index is 12.8. The van der Waals surface area contributed by atoms with Crippen molar-refractivity contribution in [1.29, 1.82) is 5.26 Å². The van der Waals surface area contributed by atoms with Crippen LogP contribution < -0.4 is 0 Å². The number of nitrogens with zero attached hydrogens (tertiary/aromatic N) is 2. The van der Waals surface area contributed by atoms with Gasteiger partial charge in [0.25, 0.3) is 0 Å². The van der Waals surface area contributed by atoms with Crippen LogP contribution in [0.1, 0.15) is 69.1 Å². The third kappa shape index (κ3) is 4.13. The highest BCUT2D eigenvalue weighted by atomic mass is 32.2. The summed E-state index contributed by atoms with van der Waals surface area (Å²) in [5, 5.41) is 9.13. The molecule has 0 saturated carbocycles. The van der Waals surface area contributed by atoms with Gasteiger partial charge in [0.15, 0.2) is 0 Å². The van der Waals surface area contributed by atoms with Crippen LogP contribution in [-0.4, -0.2) is 26.8 Å². The van der Waals surface area contributed by atoms with Gasteiger partial charge in [0.2, 0.25) is 10.0 Å². The average molecular weight is 337 g/mol. The normalized spacial score (nSPS) is 14.5. The zero-order valence-electron chi connectivity index (χ0n) is 15.0. The van der Waals surface area contributed by atoms with Gasteiger partial charge in [-0.05, 0) is 47.4 Å². The Morgan fingerprint density at radius 1 is 1.09 bits per heavy atom. The number of benzene rings is 1. The zero-order valence-corrected chi connectivity index (χ0v) is 15.9. The summed E-state index contributed by atoms with van der Waals surface area (Å²) in [6.07, 6.45) is 2.07. The first kappa shape index (κ1) is 19.7. The summed E-state index contributed by atoms with van der Waals surface area (Å²) in [6, 6.07) is 5.95. The third-order valence-corrected chi connectivity index (χ3v) is 6.46. The molecule has 0 aliphatic heterocycles. The molecule has 2 unspecified atom stereocenters. The quantitative estimate of drug-likeness (QED) is 0.755. The molecule has 23 heavy (non-hydrogen) atoms. The Labute approximate surface area is 141 Å². The molecule has 0 amide bonds. The smallest absolute Gasteiger partial charge is 0.207 e. The minimum atomic E-state index is -3.51. The zero-order chi connectivity index (χ0) is 17.8. The van der Waals surface area contributed by atoms with E-state index in [0.29, 0.717) is 11.3 Å². The Bertz CT molecular complexity index is 688. The molecule has 0 saturated heterocycles. The van der Waals surface area contributed by atoms with Gasteiger partial charge in [0.1, 0.15) is 0 Å². The van der Waals surface area contributed by atoms with Crippen molar-refractivity contribution < 1.29 is 8.42 Å². The lowest BCUT2D eigenvalue weighted by molar-refractivity contribution is 0.517. The van der Waals surface area contributed by atoms with E-state index in [1.54, 1.807) is 20.2 Å². The van der Waals surface area contributed by atoms with Crippen LogP contribution >= 0.6 is 0 Å². The van der Waals surface area contributed by atoms with E-state index < -0.39 is 10.0 Å². The van der Waals surface area contributed by atoms with Crippen LogP contribution in [0.15, 0.2) is 17.0 Å². The maximum atomic E-state index is 12.8. The van der Waals surface area contributed by atoms with Gasteiger partial charge in [-0.15, -0.1) is 0 Å². The summed E-state index contributed by atoms with van der Waals surface area (Å²) >= 11 is 0. The van der Waals surface area contributed by atoms with Crippen LogP contribution in [0.3, 0.4) is 0 Å². The topological polar surface area (TPSA) is 61.2 Å². The molecule has 0 N–H and O–H groups in total. The summed E-state index contributed by atoms with van der Waals surface area (Å²) < 4.78 is 26.8. The first-order valence-electron chi connectivity index (χ1n) is 8.16. The Kier molecular flexibility index (Phi) is 6.79. The molecule has 5 heteroatoms. The lowest BCUT2D eigenvalue weighted by atomic mass is 9.88. The van der Waals surface area contributed by atoms with Gasteiger partial charge in [0.05, 0.1) is 17.4 Å². The Morgan fingerprint density at radius 2 is 1.61 bits per heavy atom. The van der Waals surface area contributed by atoms with E-state index in [-0.39, 0.29) is 11.8 Å². The second kappa shape index (κ2) is 7.94. The second-order valence-corrected chi connectivity index (χ2v) is 8.45. The minimum Gasteiger partial charge on any atom is -0.207 e. The van der Waals surface area contributed by atoms with Crippen molar-refractivity contribution in [2.75, 3.05) is 14.1 Å². The molecule has 1 rings (SSSR count). The number of hydrogen-bond donors (Lipinski definition) is 0. The molecule has 2 atom stereocenters. The van der Waals surface area contributed by atoms with Crippen molar-refractivity contribution in [3.63, 3.8) is 0 Å². The van der Waals surface area contributed by atoms with Crippen molar-refractivity contribution >= 4 is 10.0 Å². The molecule has 0 bridgehead atoms. The van der Waals surface area contributed by atoms with Crippen molar-refractivity contribution in [3.05, 3.63) is 28.8 Å². The first-order valence-corrected chi connectivity index (χ1v) is 9.60. The fourth-order valence-electron chi connectivity index (χ4n) is 2.60. The molecule has 0 spiro atoms. The van der Waals surface area contributed by atoms with E-state index in [4.69, 9.17) is 5.26 Å². The first-order chi connectivity index (χ1) is 10.7. The van der Waals surface area contributed by atoms with E-state index in [0.717, 1.165) is 29.5 Å². The Hall–Kier alpha value is -1.38. The average Bonchev–Trinajstić information content (AvgIpc) is 2.52. The molecule has 1 aromatic carbocycles. The van der Waals surface area contributed by atoms with Gasteiger partial charge in [-0.3, -0.25) is 0 Å². The molecule has 0 aliphatic carbocycles. The summed E-state index contributed by atoms with van der Waals surface area (Å²) in [5.74, 6) is 0.351. The summed E-state index contributed by atoms with van der Waals surface area (Å²) in [7, 11) is -0.393. The van der Waals surface area contributed by atoms with Gasteiger partial charge in [-0.1, -0.05) is 33.8 Å².